The van der Waals surface area contributed by atoms with Gasteiger partial charge in [0.25, 0.3) is 0 Å². The zero-order chi connectivity index (χ0) is 11.2. The minimum Gasteiger partial charge on any atom is -0.329 e. The van der Waals surface area contributed by atoms with Crippen LogP contribution in [0, 0.1) is 0 Å². The topological polar surface area (TPSA) is 106 Å². The highest BCUT2D eigenvalue weighted by molar-refractivity contribution is 8.04. The first-order valence-electron chi connectivity index (χ1n) is 4.27. The molecule has 0 rings (SSSR count). The van der Waals surface area contributed by atoms with Crippen LogP contribution in [0.15, 0.2) is 0 Å². The first-order valence-corrected chi connectivity index (χ1v) is 7.57. The number of hydrogen-bond donors (Lipinski definition) is 2. The molecule has 0 saturated carbocycles. The molecule has 0 unspecified atom stereocenters. The molecule has 0 saturated heterocycles. The molecule has 0 bridgehead atoms. The van der Waals surface area contributed by atoms with Gasteiger partial charge in [-0.2, -0.15) is 0 Å². The third-order valence-corrected chi connectivity index (χ3v) is 5.04. The molecule has 14 heavy (non-hydrogen) atoms. The quantitative estimate of drug-likeness (QED) is 0.597. The summed E-state index contributed by atoms with van der Waals surface area (Å²) in [5.74, 6) is -0.550. The van der Waals surface area contributed by atoms with Crippen LogP contribution in [-0.4, -0.2) is 34.9 Å². The summed E-state index contributed by atoms with van der Waals surface area (Å²) in [5, 5.41) is 0. The Balaban J connectivity index is 4.36. The number of unbranched alkanes of at least 4 members (excludes halogenated alkanes) is 1. The molecule has 0 aromatic heterocycles. The van der Waals surface area contributed by atoms with Crippen LogP contribution in [0.1, 0.15) is 19.8 Å². The van der Waals surface area contributed by atoms with Crippen molar-refractivity contribution in [2.75, 3.05) is 18.1 Å². The largest absolute Gasteiger partial charge is 0.329 e. The fraction of sp³-hybridized carbons (Fsp3) is 1.00. The highest BCUT2D eigenvalue weighted by Gasteiger charge is 2.18. The summed E-state index contributed by atoms with van der Waals surface area (Å²) >= 11 is 0. The molecule has 3 N–H and O–H groups in total. The van der Waals surface area contributed by atoms with Crippen molar-refractivity contribution in [1.29, 1.82) is 0 Å². The molecule has 0 aromatic carbocycles. The summed E-state index contributed by atoms with van der Waals surface area (Å²) in [4.78, 5) is 0. The van der Waals surface area contributed by atoms with Crippen LogP contribution in [0.4, 0.5) is 0 Å². The molecule has 8 heteroatoms. The van der Waals surface area contributed by atoms with E-state index >= 15 is 0 Å². The molecular formula is C6H16N2O4S2. The predicted molar refractivity (Wildman–Crippen MR) is 54.7 cm³/mol. The van der Waals surface area contributed by atoms with E-state index in [1.807, 2.05) is 6.92 Å². The first kappa shape index (κ1) is 13.8. The second-order valence-electron chi connectivity index (χ2n) is 2.86. The molecule has 0 radical (unpaired) electrons. The molecule has 0 aliphatic rings. The molecule has 0 spiro atoms. The lowest BCUT2D eigenvalue weighted by Gasteiger charge is -2.05. The van der Waals surface area contributed by atoms with Gasteiger partial charge >= 0.3 is 0 Å². The zero-order valence-electron chi connectivity index (χ0n) is 8.06. The maximum atomic E-state index is 11.1. The van der Waals surface area contributed by atoms with E-state index in [2.05, 4.69) is 0 Å². The van der Waals surface area contributed by atoms with E-state index < -0.39 is 20.0 Å². The van der Waals surface area contributed by atoms with Crippen LogP contribution in [0.5, 0.6) is 0 Å². The maximum Gasteiger partial charge on any atom is 0.225 e. The van der Waals surface area contributed by atoms with Crippen molar-refractivity contribution >= 4 is 20.0 Å². The number of rotatable bonds is 7. The molecular weight excluding hydrogens is 228 g/mol. The third-order valence-electron chi connectivity index (χ3n) is 1.41. The predicted octanol–water partition coefficient (Wildman–Crippen LogP) is -1.01. The van der Waals surface area contributed by atoms with Crippen LogP contribution < -0.4 is 9.86 Å². The van der Waals surface area contributed by atoms with Crippen molar-refractivity contribution in [3.63, 3.8) is 0 Å². The average Bonchev–Trinajstić information content (AvgIpc) is 1.98. The van der Waals surface area contributed by atoms with Gasteiger partial charge in [-0.05, 0) is 6.42 Å². The van der Waals surface area contributed by atoms with Crippen LogP contribution in [0.3, 0.4) is 0 Å². The Hall–Kier alpha value is -0.180. The molecule has 0 aliphatic heterocycles. The Kier molecular flexibility index (Phi) is 5.57. The normalized spacial score (nSPS) is 13.0. The van der Waals surface area contributed by atoms with Gasteiger partial charge in [0.1, 0.15) is 0 Å². The van der Waals surface area contributed by atoms with E-state index in [1.165, 1.54) is 0 Å². The summed E-state index contributed by atoms with van der Waals surface area (Å²) in [6.07, 6.45) is 1.13. The first-order chi connectivity index (χ1) is 6.33. The lowest BCUT2D eigenvalue weighted by molar-refractivity contribution is 0.575. The lowest BCUT2D eigenvalue weighted by Crippen LogP contribution is -2.36. The summed E-state index contributed by atoms with van der Waals surface area (Å²) in [5.41, 5.74) is 5.02. The summed E-state index contributed by atoms with van der Waals surface area (Å²) in [6.45, 7) is 1.72. The van der Waals surface area contributed by atoms with Crippen LogP contribution >= 0.6 is 0 Å². The summed E-state index contributed by atoms with van der Waals surface area (Å²) < 4.78 is 46.0. The van der Waals surface area contributed by atoms with Crippen molar-refractivity contribution in [3.8, 4) is 0 Å². The second kappa shape index (κ2) is 5.64. The Morgan fingerprint density at radius 3 is 2.00 bits per heavy atom. The van der Waals surface area contributed by atoms with Gasteiger partial charge in [0, 0.05) is 6.54 Å². The Morgan fingerprint density at radius 2 is 1.57 bits per heavy atom. The third kappa shape index (κ3) is 6.30. The highest BCUT2D eigenvalue weighted by atomic mass is 32.3. The smallest absolute Gasteiger partial charge is 0.225 e. The summed E-state index contributed by atoms with van der Waals surface area (Å²) in [7, 11) is -7.50. The molecule has 86 valence electrons. The molecule has 0 atom stereocenters. The molecule has 0 aliphatic carbocycles. The molecule has 0 heterocycles. The SMILES string of the molecule is CCCCS(=O)(=O)NS(=O)(=O)CCN. The fourth-order valence-corrected chi connectivity index (χ4v) is 3.96. The van der Waals surface area contributed by atoms with Crippen molar-refractivity contribution in [2.24, 2.45) is 5.73 Å². The Labute approximate surface area is 85.0 Å². The zero-order valence-corrected chi connectivity index (χ0v) is 9.70. The second-order valence-corrected chi connectivity index (χ2v) is 6.81. The van der Waals surface area contributed by atoms with Crippen LogP contribution in [-0.2, 0) is 20.0 Å². The van der Waals surface area contributed by atoms with E-state index in [-0.39, 0.29) is 18.1 Å². The number of nitrogens with two attached hydrogens (primary N) is 1. The maximum absolute atomic E-state index is 11.1. The van der Waals surface area contributed by atoms with Gasteiger partial charge in [0.2, 0.25) is 20.0 Å². The van der Waals surface area contributed by atoms with Gasteiger partial charge in [-0.1, -0.05) is 13.3 Å². The monoisotopic (exact) mass is 244 g/mol. The number of hydrogen-bond acceptors (Lipinski definition) is 5. The van der Waals surface area contributed by atoms with E-state index in [0.717, 1.165) is 0 Å². The van der Waals surface area contributed by atoms with Gasteiger partial charge in [0.05, 0.1) is 11.5 Å². The van der Waals surface area contributed by atoms with Gasteiger partial charge < -0.3 is 5.73 Å². The van der Waals surface area contributed by atoms with Gasteiger partial charge in [-0.3, -0.25) is 0 Å². The van der Waals surface area contributed by atoms with E-state index in [1.54, 1.807) is 4.13 Å². The Bertz CT molecular complexity index is 346. The average molecular weight is 244 g/mol. The van der Waals surface area contributed by atoms with Crippen molar-refractivity contribution in [2.45, 2.75) is 19.8 Å². The molecule has 0 aromatic rings. The fourth-order valence-electron chi connectivity index (χ4n) is 0.766. The van der Waals surface area contributed by atoms with Gasteiger partial charge in [-0.15, -0.1) is 4.13 Å². The van der Waals surface area contributed by atoms with E-state index in [4.69, 9.17) is 5.73 Å². The minimum atomic E-state index is -3.78. The van der Waals surface area contributed by atoms with Crippen molar-refractivity contribution < 1.29 is 16.8 Å². The van der Waals surface area contributed by atoms with Crippen molar-refractivity contribution in [3.05, 3.63) is 0 Å². The van der Waals surface area contributed by atoms with E-state index in [0.29, 0.717) is 12.8 Å². The Morgan fingerprint density at radius 1 is 1.07 bits per heavy atom. The van der Waals surface area contributed by atoms with Gasteiger partial charge in [-0.25, -0.2) is 16.8 Å². The molecule has 0 amide bonds. The van der Waals surface area contributed by atoms with Gasteiger partial charge in [0.15, 0.2) is 0 Å². The van der Waals surface area contributed by atoms with Crippen LogP contribution in [0.25, 0.3) is 0 Å². The standard InChI is InChI=1S/C6H16N2O4S2/c1-2-3-5-13(9,10)8-14(11,12)6-4-7/h8H,2-7H2,1H3. The van der Waals surface area contributed by atoms with Crippen molar-refractivity contribution in [1.82, 2.24) is 4.13 Å². The van der Waals surface area contributed by atoms with E-state index in [9.17, 15) is 16.8 Å². The molecule has 0 fully saturated rings. The lowest BCUT2D eigenvalue weighted by atomic mass is 10.4. The highest BCUT2D eigenvalue weighted by Crippen LogP contribution is 1.96. The summed E-state index contributed by atoms with van der Waals surface area (Å²) in [6, 6.07) is 0. The molecule has 6 nitrogen and oxygen atoms in total. The number of sulfonamides is 2. The minimum absolute atomic E-state index is 0.0986. The number of nitrogens with one attached hydrogen (secondary N) is 1. The van der Waals surface area contributed by atoms with Crippen LogP contribution in [0.2, 0.25) is 0 Å².